The molecule has 2 aliphatic heterocycles. The molecule has 3 fully saturated rings. The highest BCUT2D eigenvalue weighted by molar-refractivity contribution is 7.92. The number of halogens is 3. The van der Waals surface area contributed by atoms with E-state index in [-0.39, 0.29) is 28.3 Å². The number of sulfone groups is 1. The predicted molar refractivity (Wildman–Crippen MR) is 190 cm³/mol. The number of nitrogens with zero attached hydrogens (tertiary/aromatic N) is 3. The molecule has 8 nitrogen and oxygen atoms in total. The molecule has 4 aromatic rings. The lowest BCUT2D eigenvalue weighted by atomic mass is 9.93. The van der Waals surface area contributed by atoms with Crippen LogP contribution in [0.5, 0.6) is 0 Å². The molecule has 3 aliphatic rings. The van der Waals surface area contributed by atoms with Crippen molar-refractivity contribution in [1.29, 1.82) is 0 Å². The number of carbonyl (C=O) groups is 1. The molecule has 12 heteroatoms. The Morgan fingerprint density at radius 3 is 2.31 bits per heavy atom. The number of alkyl halides is 3. The van der Waals surface area contributed by atoms with Crippen LogP contribution >= 0.6 is 0 Å². The summed E-state index contributed by atoms with van der Waals surface area (Å²) in [5, 5.41) is 2.93. The van der Waals surface area contributed by atoms with E-state index in [1.807, 2.05) is 30.3 Å². The number of morpholine rings is 1. The predicted octanol–water partition coefficient (Wildman–Crippen LogP) is 6.82. The zero-order valence-electron chi connectivity index (χ0n) is 28.9. The first-order valence-electron chi connectivity index (χ1n) is 17.7. The second kappa shape index (κ2) is 13.9. The first-order chi connectivity index (χ1) is 24.4. The van der Waals surface area contributed by atoms with Crippen LogP contribution in [0.4, 0.5) is 13.2 Å². The third-order valence-corrected chi connectivity index (χ3v) is 12.8. The lowest BCUT2D eigenvalue weighted by Gasteiger charge is -2.40. The van der Waals surface area contributed by atoms with Gasteiger partial charge in [-0.3, -0.25) is 14.6 Å². The van der Waals surface area contributed by atoms with Crippen LogP contribution in [0.1, 0.15) is 66.6 Å². The Morgan fingerprint density at radius 2 is 1.67 bits per heavy atom. The second-order valence-corrected chi connectivity index (χ2v) is 16.7. The van der Waals surface area contributed by atoms with Gasteiger partial charge in [-0.2, -0.15) is 13.2 Å². The van der Waals surface area contributed by atoms with Crippen LogP contribution in [0.15, 0.2) is 77.7 Å². The highest BCUT2D eigenvalue weighted by Crippen LogP contribution is 2.46. The minimum Gasteiger partial charge on any atom is -0.379 e. The molecule has 0 atom stereocenters. The van der Waals surface area contributed by atoms with Crippen molar-refractivity contribution in [2.24, 2.45) is 0 Å². The van der Waals surface area contributed by atoms with Crippen molar-refractivity contribution < 1.29 is 31.1 Å². The molecule has 1 N–H and O–H groups in total. The largest absolute Gasteiger partial charge is 0.416 e. The fraction of sp³-hybridized carbons (Fsp3) is 0.436. The summed E-state index contributed by atoms with van der Waals surface area (Å²) in [7, 11) is -3.73. The van der Waals surface area contributed by atoms with E-state index in [9.17, 15) is 26.4 Å². The fourth-order valence-electron chi connectivity index (χ4n) is 7.48. The minimum atomic E-state index is -4.58. The number of hydrogen-bond donors (Lipinski definition) is 1. The van der Waals surface area contributed by atoms with E-state index in [0.29, 0.717) is 35.7 Å². The van der Waals surface area contributed by atoms with Crippen LogP contribution in [0.2, 0.25) is 0 Å². The summed E-state index contributed by atoms with van der Waals surface area (Å²) in [6.45, 7) is 8.09. The van der Waals surface area contributed by atoms with Crippen LogP contribution < -0.4 is 5.32 Å². The molecular weight excluding hydrogens is 678 g/mol. The Labute approximate surface area is 296 Å². The van der Waals surface area contributed by atoms with Gasteiger partial charge in [0.15, 0.2) is 9.84 Å². The Kier molecular flexibility index (Phi) is 9.72. The summed E-state index contributed by atoms with van der Waals surface area (Å²) in [5.74, 6) is -0.408. The average molecular weight is 721 g/mol. The standard InChI is InChI=1S/C39H43F3N4O4S/c1-26(2)51(48,49)31-11-12-34-32(24-31)35(37(47)44-38(15-16-38)28-8-4-3-5-9-28)33(36(43-34)27-7-6-10-29(23-27)39(40,41)42)25-45-17-13-30(14-18-45)46-19-21-50-22-20-46/h3-12,23-24,26,30H,13-22,25H2,1-2H3,(H,44,47). The summed E-state index contributed by atoms with van der Waals surface area (Å²) >= 11 is 0. The van der Waals surface area contributed by atoms with Gasteiger partial charge in [0.25, 0.3) is 5.91 Å². The number of pyridine rings is 1. The Morgan fingerprint density at radius 1 is 0.961 bits per heavy atom. The van der Waals surface area contributed by atoms with Crippen LogP contribution in [0.3, 0.4) is 0 Å². The topological polar surface area (TPSA) is 91.8 Å². The number of fused-ring (bicyclic) bond motifs is 1. The van der Waals surface area contributed by atoms with Crippen molar-refractivity contribution in [3.63, 3.8) is 0 Å². The Bertz CT molecular complexity index is 2020. The summed E-state index contributed by atoms with van der Waals surface area (Å²) < 4.78 is 74.4. The van der Waals surface area contributed by atoms with Crippen LogP contribution in [-0.2, 0) is 32.8 Å². The molecule has 0 spiro atoms. The maximum Gasteiger partial charge on any atom is 0.416 e. The molecule has 1 amide bonds. The van der Waals surface area contributed by atoms with Crippen LogP contribution in [0.25, 0.3) is 22.2 Å². The van der Waals surface area contributed by atoms with Crippen LogP contribution in [-0.4, -0.2) is 79.8 Å². The van der Waals surface area contributed by atoms with E-state index in [1.54, 1.807) is 26.0 Å². The smallest absolute Gasteiger partial charge is 0.379 e. The third kappa shape index (κ3) is 7.28. The molecule has 3 aromatic carbocycles. The number of amides is 1. The number of ether oxygens (including phenoxy) is 1. The third-order valence-electron chi connectivity index (χ3n) is 10.6. The lowest BCUT2D eigenvalue weighted by Crippen LogP contribution is -2.48. The zero-order valence-corrected chi connectivity index (χ0v) is 29.7. The van der Waals surface area contributed by atoms with Crippen molar-refractivity contribution in [3.8, 4) is 11.3 Å². The summed E-state index contributed by atoms with van der Waals surface area (Å²) in [5.41, 5.74) is 1.11. The summed E-state index contributed by atoms with van der Waals surface area (Å²) in [6.07, 6.45) is -1.33. The molecule has 2 saturated heterocycles. The minimum absolute atomic E-state index is 0.0640. The zero-order chi connectivity index (χ0) is 36.0. The van der Waals surface area contributed by atoms with Gasteiger partial charge in [0.05, 0.1) is 51.2 Å². The molecule has 0 unspecified atom stereocenters. The molecule has 3 heterocycles. The van der Waals surface area contributed by atoms with Gasteiger partial charge in [0.2, 0.25) is 0 Å². The molecule has 7 rings (SSSR count). The van der Waals surface area contributed by atoms with Gasteiger partial charge in [0.1, 0.15) is 0 Å². The van der Waals surface area contributed by atoms with Gasteiger partial charge in [0, 0.05) is 42.2 Å². The van der Waals surface area contributed by atoms with E-state index in [2.05, 4.69) is 15.1 Å². The number of aromatic nitrogens is 1. The van der Waals surface area contributed by atoms with Crippen molar-refractivity contribution in [1.82, 2.24) is 20.1 Å². The van der Waals surface area contributed by atoms with Gasteiger partial charge in [-0.05, 0) is 88.5 Å². The molecule has 0 radical (unpaired) electrons. The van der Waals surface area contributed by atoms with Gasteiger partial charge < -0.3 is 10.1 Å². The monoisotopic (exact) mass is 720 g/mol. The second-order valence-electron chi connectivity index (χ2n) is 14.2. The summed E-state index contributed by atoms with van der Waals surface area (Å²) in [6, 6.07) is 19.7. The van der Waals surface area contributed by atoms with Crippen LogP contribution in [0, 0.1) is 0 Å². The number of nitrogens with one attached hydrogen (secondary N) is 1. The normalized spacial score (nSPS) is 19.0. The van der Waals surface area contributed by atoms with Crippen molar-refractivity contribution in [2.75, 3.05) is 39.4 Å². The SMILES string of the molecule is CC(C)S(=O)(=O)c1ccc2nc(-c3cccc(C(F)(F)F)c3)c(CN3CCC(N4CCOCC4)CC3)c(C(=O)NC3(c4ccccc4)CC3)c2c1. The maximum atomic E-state index is 14.8. The van der Waals surface area contributed by atoms with Crippen molar-refractivity contribution in [3.05, 3.63) is 95.1 Å². The average Bonchev–Trinajstić information content (AvgIpc) is 3.92. The number of likely N-dealkylation sites (tertiary alicyclic amines) is 1. The van der Waals surface area contributed by atoms with Crippen molar-refractivity contribution in [2.45, 2.75) is 74.0 Å². The van der Waals surface area contributed by atoms with E-state index < -0.39 is 38.3 Å². The molecule has 1 saturated carbocycles. The van der Waals surface area contributed by atoms with E-state index in [0.717, 1.165) is 69.6 Å². The first kappa shape index (κ1) is 35.6. The van der Waals surface area contributed by atoms with E-state index in [1.165, 1.54) is 18.2 Å². The highest BCUT2D eigenvalue weighted by atomic mass is 32.2. The number of piperidine rings is 1. The van der Waals surface area contributed by atoms with E-state index in [4.69, 9.17) is 9.72 Å². The van der Waals surface area contributed by atoms with E-state index >= 15 is 0 Å². The molecule has 0 bridgehead atoms. The first-order valence-corrected chi connectivity index (χ1v) is 19.2. The maximum absolute atomic E-state index is 14.8. The molecule has 1 aromatic heterocycles. The van der Waals surface area contributed by atoms with Gasteiger partial charge in [-0.25, -0.2) is 13.4 Å². The Hall–Kier alpha value is -3.84. The molecule has 1 aliphatic carbocycles. The number of hydrogen-bond acceptors (Lipinski definition) is 7. The molecule has 270 valence electrons. The quantitative estimate of drug-likeness (QED) is 0.203. The molecular formula is C39H43F3N4O4S. The lowest BCUT2D eigenvalue weighted by molar-refractivity contribution is -0.137. The number of benzene rings is 3. The summed E-state index contributed by atoms with van der Waals surface area (Å²) in [4.78, 5) is 24.5. The van der Waals surface area contributed by atoms with Crippen molar-refractivity contribution >= 4 is 26.6 Å². The fourth-order valence-corrected chi connectivity index (χ4v) is 8.57. The van der Waals surface area contributed by atoms with Gasteiger partial charge >= 0.3 is 6.18 Å². The van der Waals surface area contributed by atoms with Gasteiger partial charge in [-0.1, -0.05) is 42.5 Å². The molecule has 51 heavy (non-hydrogen) atoms. The Balaban J connectivity index is 1.38. The number of rotatable bonds is 9. The van der Waals surface area contributed by atoms with Gasteiger partial charge in [-0.15, -0.1) is 0 Å². The number of carbonyl (C=O) groups excluding carboxylic acids is 1. The highest BCUT2D eigenvalue weighted by Gasteiger charge is 2.46.